The highest BCUT2D eigenvalue weighted by Crippen LogP contribution is 2.44. The standard InChI is InChI=1S/C34H32FN5O4/c35-30-14-7-5-12-27(30)22-37-33(42)34(21-24-9-2-1-3-10-24)31(29-13-6-4-11-26(29)23-38-40-36)44-32(39-34)25-15-17-28(18-16-25)43-20-8-19-41/h1-7,9-18,31,41H,8,19-23H2,(H,37,42)/t31-,34-/m1/s1. The largest absolute Gasteiger partial charge is 0.494 e. The molecule has 0 fully saturated rings. The molecule has 0 radical (unpaired) electrons. The fraction of sp³-hybridized carbons (Fsp3) is 0.235. The second-order valence-electron chi connectivity index (χ2n) is 10.3. The zero-order chi connectivity index (χ0) is 30.8. The number of hydrogen-bond acceptors (Lipinski definition) is 6. The summed E-state index contributed by atoms with van der Waals surface area (Å²) in [4.78, 5) is 22.3. The summed E-state index contributed by atoms with van der Waals surface area (Å²) in [6, 6.07) is 30.3. The molecule has 9 nitrogen and oxygen atoms in total. The Balaban J connectivity index is 1.59. The van der Waals surface area contributed by atoms with Gasteiger partial charge in [-0.1, -0.05) is 77.9 Å². The van der Waals surface area contributed by atoms with E-state index in [1.54, 1.807) is 42.5 Å². The predicted molar refractivity (Wildman–Crippen MR) is 164 cm³/mol. The average Bonchev–Trinajstić information content (AvgIpc) is 3.44. The third-order valence-electron chi connectivity index (χ3n) is 7.39. The number of ether oxygens (including phenoxy) is 2. The van der Waals surface area contributed by atoms with Crippen LogP contribution in [0.2, 0.25) is 0 Å². The predicted octanol–water partition coefficient (Wildman–Crippen LogP) is 6.21. The maximum absolute atomic E-state index is 14.5. The van der Waals surface area contributed by atoms with E-state index in [-0.39, 0.29) is 32.0 Å². The number of amides is 1. The molecule has 4 aromatic rings. The number of carbonyl (C=O) groups excluding carboxylic acids is 1. The Kier molecular flexibility index (Phi) is 9.86. The summed E-state index contributed by atoms with van der Waals surface area (Å²) >= 11 is 0. The highest BCUT2D eigenvalue weighted by Gasteiger charge is 2.53. The number of aliphatic hydroxyl groups excluding tert-OH is 1. The van der Waals surface area contributed by atoms with Crippen molar-refractivity contribution in [3.8, 4) is 5.75 Å². The number of benzene rings is 4. The van der Waals surface area contributed by atoms with Gasteiger partial charge in [-0.05, 0) is 52.6 Å². The van der Waals surface area contributed by atoms with Crippen LogP contribution in [0.4, 0.5) is 4.39 Å². The van der Waals surface area contributed by atoms with Gasteiger partial charge in [0.05, 0.1) is 13.2 Å². The van der Waals surface area contributed by atoms with Gasteiger partial charge in [-0.25, -0.2) is 9.38 Å². The Morgan fingerprint density at radius 3 is 2.43 bits per heavy atom. The minimum atomic E-state index is -1.50. The van der Waals surface area contributed by atoms with Crippen molar-refractivity contribution in [3.05, 3.63) is 147 Å². The number of carbonyl (C=O) groups is 1. The highest BCUT2D eigenvalue weighted by molar-refractivity contribution is 6.01. The van der Waals surface area contributed by atoms with E-state index >= 15 is 0 Å². The van der Waals surface area contributed by atoms with Crippen molar-refractivity contribution in [2.45, 2.75) is 37.6 Å². The fourth-order valence-electron chi connectivity index (χ4n) is 5.18. The minimum absolute atomic E-state index is 0.0355. The number of hydrogen-bond donors (Lipinski definition) is 2. The molecule has 0 aliphatic carbocycles. The van der Waals surface area contributed by atoms with E-state index in [1.807, 2.05) is 54.6 Å². The maximum Gasteiger partial charge on any atom is 0.252 e. The molecule has 0 bridgehead atoms. The lowest BCUT2D eigenvalue weighted by atomic mass is 9.80. The maximum atomic E-state index is 14.5. The molecule has 1 aliphatic rings. The number of aliphatic hydroxyl groups is 1. The lowest BCUT2D eigenvalue weighted by Crippen LogP contribution is -2.50. The molecule has 0 saturated carbocycles. The molecular weight excluding hydrogens is 561 g/mol. The fourth-order valence-corrected chi connectivity index (χ4v) is 5.18. The molecule has 5 rings (SSSR count). The first-order valence-electron chi connectivity index (χ1n) is 14.3. The molecule has 4 aromatic carbocycles. The van der Waals surface area contributed by atoms with Gasteiger partial charge in [0, 0.05) is 42.0 Å². The molecule has 0 aromatic heterocycles. The van der Waals surface area contributed by atoms with Gasteiger partial charge in [0.1, 0.15) is 11.6 Å². The van der Waals surface area contributed by atoms with Gasteiger partial charge < -0.3 is 19.9 Å². The summed E-state index contributed by atoms with van der Waals surface area (Å²) in [6.07, 6.45) is -0.203. The van der Waals surface area contributed by atoms with E-state index in [0.717, 1.165) is 5.56 Å². The number of azide groups is 1. The molecule has 0 spiro atoms. The van der Waals surface area contributed by atoms with Crippen LogP contribution in [0.15, 0.2) is 113 Å². The molecule has 1 amide bonds. The monoisotopic (exact) mass is 593 g/mol. The summed E-state index contributed by atoms with van der Waals surface area (Å²) in [5.74, 6) is 0.0178. The van der Waals surface area contributed by atoms with Gasteiger partial charge in [-0.2, -0.15) is 0 Å². The number of rotatable bonds is 13. The molecule has 1 aliphatic heterocycles. The molecule has 0 saturated heterocycles. The zero-order valence-corrected chi connectivity index (χ0v) is 24.0. The van der Waals surface area contributed by atoms with Crippen molar-refractivity contribution < 1.29 is 23.8 Å². The molecule has 224 valence electrons. The lowest BCUT2D eigenvalue weighted by Gasteiger charge is -2.32. The number of nitrogens with one attached hydrogen (secondary N) is 1. The van der Waals surface area contributed by atoms with Crippen molar-refractivity contribution in [2.75, 3.05) is 13.2 Å². The Hall–Kier alpha value is -5.18. The number of aliphatic imine (C=N–C) groups is 1. The number of halogens is 1. The van der Waals surface area contributed by atoms with Gasteiger partial charge >= 0.3 is 0 Å². The van der Waals surface area contributed by atoms with Crippen molar-refractivity contribution in [1.29, 1.82) is 0 Å². The van der Waals surface area contributed by atoms with Crippen LogP contribution in [0.1, 0.15) is 40.3 Å². The number of nitrogens with zero attached hydrogens (tertiary/aromatic N) is 4. The van der Waals surface area contributed by atoms with Crippen molar-refractivity contribution in [2.24, 2.45) is 10.1 Å². The van der Waals surface area contributed by atoms with Crippen molar-refractivity contribution in [3.63, 3.8) is 0 Å². The normalized spacial score (nSPS) is 17.2. The smallest absolute Gasteiger partial charge is 0.252 e. The van der Waals surface area contributed by atoms with Gasteiger partial charge in [-0.3, -0.25) is 4.79 Å². The minimum Gasteiger partial charge on any atom is -0.494 e. The van der Waals surface area contributed by atoms with Crippen LogP contribution in [0.3, 0.4) is 0 Å². The lowest BCUT2D eigenvalue weighted by molar-refractivity contribution is -0.129. The van der Waals surface area contributed by atoms with E-state index in [2.05, 4.69) is 15.3 Å². The first-order valence-corrected chi connectivity index (χ1v) is 14.3. The Morgan fingerprint density at radius 2 is 1.70 bits per heavy atom. The van der Waals surface area contributed by atoms with Crippen LogP contribution in [0.25, 0.3) is 10.4 Å². The van der Waals surface area contributed by atoms with Gasteiger partial charge in [0.25, 0.3) is 5.91 Å². The van der Waals surface area contributed by atoms with Crippen LogP contribution in [-0.4, -0.2) is 35.7 Å². The molecule has 1 heterocycles. The second-order valence-corrected chi connectivity index (χ2v) is 10.3. The van der Waals surface area contributed by atoms with Crippen LogP contribution in [0.5, 0.6) is 5.75 Å². The average molecular weight is 594 g/mol. The summed E-state index contributed by atoms with van der Waals surface area (Å²) in [5.41, 5.74) is 10.7. The SMILES string of the molecule is [N-]=[N+]=NCc1ccccc1[C@H]1OC(c2ccc(OCCCO)cc2)=N[C@@]1(Cc1ccccc1)C(=O)NCc1ccccc1F. The summed E-state index contributed by atoms with van der Waals surface area (Å²) < 4.78 is 26.8. The summed E-state index contributed by atoms with van der Waals surface area (Å²) in [6.45, 7) is 0.424. The highest BCUT2D eigenvalue weighted by atomic mass is 19.1. The van der Waals surface area contributed by atoms with Crippen molar-refractivity contribution in [1.82, 2.24) is 5.32 Å². The molecule has 44 heavy (non-hydrogen) atoms. The Labute approximate surface area is 254 Å². The van der Waals surface area contributed by atoms with Gasteiger partial charge in [0.2, 0.25) is 5.90 Å². The van der Waals surface area contributed by atoms with E-state index < -0.39 is 23.4 Å². The van der Waals surface area contributed by atoms with E-state index in [1.165, 1.54) is 6.07 Å². The van der Waals surface area contributed by atoms with Crippen LogP contribution < -0.4 is 10.1 Å². The molecule has 10 heteroatoms. The van der Waals surface area contributed by atoms with E-state index in [9.17, 15) is 9.18 Å². The van der Waals surface area contributed by atoms with E-state index in [0.29, 0.717) is 41.0 Å². The molecule has 2 atom stereocenters. The Bertz CT molecular complexity index is 1660. The third kappa shape index (κ3) is 6.89. The topological polar surface area (TPSA) is 129 Å². The van der Waals surface area contributed by atoms with Crippen LogP contribution in [0, 0.1) is 5.82 Å². The first-order chi connectivity index (χ1) is 21.5. The van der Waals surface area contributed by atoms with Crippen LogP contribution in [-0.2, 0) is 29.0 Å². The molecule has 2 N–H and O–H groups in total. The molecule has 0 unspecified atom stereocenters. The second kappa shape index (κ2) is 14.3. The molecular formula is C34H32FN5O4. The Morgan fingerprint density at radius 1 is 1.00 bits per heavy atom. The van der Waals surface area contributed by atoms with Gasteiger partial charge in [0.15, 0.2) is 11.6 Å². The quantitative estimate of drug-likeness (QED) is 0.0826. The van der Waals surface area contributed by atoms with Crippen molar-refractivity contribution >= 4 is 11.8 Å². The summed E-state index contributed by atoms with van der Waals surface area (Å²) in [5, 5.41) is 15.7. The van der Waals surface area contributed by atoms with Crippen LogP contribution >= 0.6 is 0 Å². The first kappa shape index (κ1) is 30.3. The third-order valence-corrected chi connectivity index (χ3v) is 7.39. The van der Waals surface area contributed by atoms with E-state index in [4.69, 9.17) is 25.1 Å². The summed E-state index contributed by atoms with van der Waals surface area (Å²) in [7, 11) is 0. The zero-order valence-electron chi connectivity index (χ0n) is 24.0. The van der Waals surface area contributed by atoms with Gasteiger partial charge in [-0.15, -0.1) is 0 Å².